The van der Waals surface area contributed by atoms with Gasteiger partial charge in [-0.25, -0.2) is 0 Å². The van der Waals surface area contributed by atoms with Crippen LogP contribution in [0.5, 0.6) is 0 Å². The first-order valence-electron chi connectivity index (χ1n) is 3.25. The molecule has 1 aliphatic heterocycles. The maximum atomic E-state index is 5.15. The van der Waals surface area contributed by atoms with Gasteiger partial charge in [0.15, 0.2) is 0 Å². The fourth-order valence-corrected chi connectivity index (χ4v) is 0.724. The van der Waals surface area contributed by atoms with Crippen LogP contribution in [0.3, 0.4) is 0 Å². The molecule has 0 N–H and O–H groups in total. The lowest BCUT2D eigenvalue weighted by Crippen LogP contribution is -2.22. The number of hydrogen-bond acceptors (Lipinski definition) is 3. The second-order valence-corrected chi connectivity index (χ2v) is 1.96. The third kappa shape index (κ3) is 2.01. The molecule has 0 aromatic carbocycles. The van der Waals surface area contributed by atoms with Crippen LogP contribution in [0.15, 0.2) is 4.99 Å². The van der Waals surface area contributed by atoms with Crippen LogP contribution in [0.25, 0.3) is 0 Å². The molecule has 0 aliphatic carbocycles. The largest absolute Gasteiger partial charge is 0.361 e. The Morgan fingerprint density at radius 1 is 1.78 bits per heavy atom. The minimum atomic E-state index is 0.694. The van der Waals surface area contributed by atoms with Crippen molar-refractivity contribution in [3.8, 4) is 0 Å². The van der Waals surface area contributed by atoms with Crippen molar-refractivity contribution in [1.29, 1.82) is 0 Å². The molecule has 1 rings (SSSR count). The Labute approximate surface area is 55.3 Å². The van der Waals surface area contributed by atoms with Gasteiger partial charge >= 0.3 is 0 Å². The monoisotopic (exact) mass is 128 g/mol. The van der Waals surface area contributed by atoms with Gasteiger partial charge in [-0.1, -0.05) is 0 Å². The van der Waals surface area contributed by atoms with Crippen molar-refractivity contribution in [3.05, 3.63) is 0 Å². The van der Waals surface area contributed by atoms with Gasteiger partial charge in [-0.3, -0.25) is 4.99 Å². The third-order valence-electron chi connectivity index (χ3n) is 1.22. The molecule has 0 atom stereocenters. The Morgan fingerprint density at radius 2 is 2.67 bits per heavy atom. The molecule has 3 heteroatoms. The van der Waals surface area contributed by atoms with Crippen molar-refractivity contribution in [2.24, 2.45) is 4.99 Å². The van der Waals surface area contributed by atoms with E-state index in [1.165, 1.54) is 0 Å². The van der Waals surface area contributed by atoms with Gasteiger partial charge < -0.3 is 9.64 Å². The van der Waals surface area contributed by atoms with Gasteiger partial charge in [-0.2, -0.15) is 0 Å². The molecule has 3 nitrogen and oxygen atoms in total. The summed E-state index contributed by atoms with van der Waals surface area (Å²) in [5, 5.41) is 0. The predicted octanol–water partition coefficient (Wildman–Crippen LogP) is 0.324. The molecule has 1 aliphatic rings. The lowest BCUT2D eigenvalue weighted by Gasteiger charge is -2.11. The lowest BCUT2D eigenvalue weighted by atomic mass is 10.6. The smallest absolute Gasteiger partial charge is 0.119 e. The zero-order valence-corrected chi connectivity index (χ0v) is 5.71. The van der Waals surface area contributed by atoms with E-state index in [-0.39, 0.29) is 0 Å². The summed E-state index contributed by atoms with van der Waals surface area (Å²) in [5.41, 5.74) is 0. The topological polar surface area (TPSA) is 24.8 Å². The first kappa shape index (κ1) is 6.55. The van der Waals surface area contributed by atoms with E-state index < -0.39 is 0 Å². The van der Waals surface area contributed by atoms with E-state index in [0.29, 0.717) is 6.73 Å². The molecule has 0 amide bonds. The molecule has 0 saturated heterocycles. The standard InChI is InChI=1S/C6H12N2O/c1-2-9-6-8-4-3-7-5-8/h5H,2-4,6H2,1H3. The number of nitrogens with zero attached hydrogens (tertiary/aromatic N) is 2. The molecule has 0 bridgehead atoms. The normalized spacial score (nSPS) is 17.2. The van der Waals surface area contributed by atoms with Crippen LogP contribution in [-0.2, 0) is 4.74 Å². The number of ether oxygens (including phenoxy) is 1. The van der Waals surface area contributed by atoms with Crippen molar-refractivity contribution in [3.63, 3.8) is 0 Å². The predicted molar refractivity (Wildman–Crippen MR) is 36.6 cm³/mol. The maximum absolute atomic E-state index is 5.15. The summed E-state index contributed by atoms with van der Waals surface area (Å²) in [7, 11) is 0. The molecular formula is C6H12N2O. The number of aliphatic imine (C=N–C) groups is 1. The van der Waals surface area contributed by atoms with E-state index in [1.54, 1.807) is 0 Å². The second-order valence-electron chi connectivity index (χ2n) is 1.96. The van der Waals surface area contributed by atoms with E-state index in [4.69, 9.17) is 4.74 Å². The average Bonchev–Trinajstić information content (AvgIpc) is 2.34. The van der Waals surface area contributed by atoms with Crippen LogP contribution in [0.4, 0.5) is 0 Å². The summed E-state index contributed by atoms with van der Waals surface area (Å²) in [6, 6.07) is 0. The van der Waals surface area contributed by atoms with Gasteiger partial charge in [0.25, 0.3) is 0 Å². The highest BCUT2D eigenvalue weighted by Gasteiger charge is 2.02. The van der Waals surface area contributed by atoms with Crippen molar-refractivity contribution >= 4 is 6.34 Å². The summed E-state index contributed by atoms with van der Waals surface area (Å²) < 4.78 is 5.15. The Kier molecular flexibility index (Phi) is 2.51. The van der Waals surface area contributed by atoms with Crippen LogP contribution in [0.1, 0.15) is 6.92 Å². The molecule has 9 heavy (non-hydrogen) atoms. The van der Waals surface area contributed by atoms with Crippen molar-refractivity contribution in [1.82, 2.24) is 4.90 Å². The van der Waals surface area contributed by atoms with Crippen LogP contribution in [0.2, 0.25) is 0 Å². The molecular weight excluding hydrogens is 116 g/mol. The maximum Gasteiger partial charge on any atom is 0.119 e. The lowest BCUT2D eigenvalue weighted by molar-refractivity contribution is 0.0813. The SMILES string of the molecule is CCOCN1C=NCC1. The van der Waals surface area contributed by atoms with Gasteiger partial charge in [0, 0.05) is 13.2 Å². The second kappa shape index (κ2) is 3.45. The van der Waals surface area contributed by atoms with Gasteiger partial charge in [0.1, 0.15) is 6.73 Å². The molecule has 1 heterocycles. The molecule has 0 radical (unpaired) electrons. The van der Waals surface area contributed by atoms with Crippen molar-refractivity contribution in [2.45, 2.75) is 6.92 Å². The summed E-state index contributed by atoms with van der Waals surface area (Å²) >= 11 is 0. The molecule has 52 valence electrons. The Hall–Kier alpha value is -0.570. The Balaban J connectivity index is 2.05. The zero-order chi connectivity index (χ0) is 6.53. The van der Waals surface area contributed by atoms with Crippen molar-refractivity contribution < 1.29 is 4.74 Å². The average molecular weight is 128 g/mol. The van der Waals surface area contributed by atoms with E-state index >= 15 is 0 Å². The third-order valence-corrected chi connectivity index (χ3v) is 1.22. The number of rotatable bonds is 3. The fraction of sp³-hybridized carbons (Fsp3) is 0.833. The van der Waals surface area contributed by atoms with Gasteiger partial charge in [0.05, 0.1) is 12.9 Å². The van der Waals surface area contributed by atoms with Crippen LogP contribution in [0, 0.1) is 0 Å². The van der Waals surface area contributed by atoms with E-state index in [1.807, 2.05) is 13.3 Å². The fourth-order valence-electron chi connectivity index (χ4n) is 0.724. The minimum absolute atomic E-state index is 0.694. The first-order chi connectivity index (χ1) is 4.43. The summed E-state index contributed by atoms with van der Waals surface area (Å²) in [4.78, 5) is 6.10. The Bertz CT molecular complexity index is 103. The van der Waals surface area contributed by atoms with Crippen LogP contribution >= 0.6 is 0 Å². The van der Waals surface area contributed by atoms with Gasteiger partial charge in [-0.15, -0.1) is 0 Å². The summed E-state index contributed by atoms with van der Waals surface area (Å²) in [6.45, 7) is 5.41. The van der Waals surface area contributed by atoms with E-state index in [9.17, 15) is 0 Å². The number of hydrogen-bond donors (Lipinski definition) is 0. The summed E-state index contributed by atoms with van der Waals surface area (Å²) in [6.07, 6.45) is 1.84. The van der Waals surface area contributed by atoms with Crippen LogP contribution < -0.4 is 0 Å². The van der Waals surface area contributed by atoms with Crippen LogP contribution in [-0.4, -0.2) is 37.7 Å². The molecule has 0 unspecified atom stereocenters. The van der Waals surface area contributed by atoms with Gasteiger partial charge in [0.2, 0.25) is 0 Å². The van der Waals surface area contributed by atoms with E-state index in [2.05, 4.69) is 9.89 Å². The molecule has 0 spiro atoms. The quantitative estimate of drug-likeness (QED) is 0.547. The zero-order valence-electron chi connectivity index (χ0n) is 5.71. The van der Waals surface area contributed by atoms with E-state index in [0.717, 1.165) is 19.7 Å². The first-order valence-corrected chi connectivity index (χ1v) is 3.25. The van der Waals surface area contributed by atoms with Gasteiger partial charge in [-0.05, 0) is 6.92 Å². The highest BCUT2D eigenvalue weighted by atomic mass is 16.5. The Morgan fingerprint density at radius 3 is 3.22 bits per heavy atom. The molecule has 0 aromatic rings. The highest BCUT2D eigenvalue weighted by molar-refractivity contribution is 5.56. The molecule has 0 saturated carbocycles. The minimum Gasteiger partial charge on any atom is -0.361 e. The highest BCUT2D eigenvalue weighted by Crippen LogP contribution is 1.91. The molecule has 0 aromatic heterocycles. The molecule has 0 fully saturated rings. The van der Waals surface area contributed by atoms with Crippen molar-refractivity contribution in [2.75, 3.05) is 26.4 Å². The summed E-state index contributed by atoms with van der Waals surface area (Å²) in [5.74, 6) is 0.